The molecule has 0 aromatic heterocycles. The normalized spacial score (nSPS) is 10.3. The molecule has 94 valence electrons. The zero-order chi connectivity index (χ0) is 12.8. The number of hydrogen-bond donors (Lipinski definition) is 1. The first-order valence-corrected chi connectivity index (χ1v) is 6.44. The maximum absolute atomic E-state index is 5.86. The Balaban J connectivity index is 2.18. The highest BCUT2D eigenvalue weighted by Gasteiger charge is 2.06. The molecule has 2 aromatic rings. The molecule has 2 N–H and O–H groups in total. The van der Waals surface area contributed by atoms with Gasteiger partial charge >= 0.3 is 0 Å². The third-order valence-corrected chi connectivity index (χ3v) is 2.95. The molecule has 0 saturated carbocycles. The minimum absolute atomic E-state index is 0.821. The fraction of sp³-hybridized carbons (Fsp3) is 0.250. The van der Waals surface area contributed by atoms with Crippen LogP contribution in [-0.4, -0.2) is 6.54 Å². The van der Waals surface area contributed by atoms with Gasteiger partial charge in [0.15, 0.2) is 0 Å². The van der Waals surface area contributed by atoms with Crippen molar-refractivity contribution in [3.05, 3.63) is 60.2 Å². The zero-order valence-electron chi connectivity index (χ0n) is 10.8. The zero-order valence-corrected chi connectivity index (χ0v) is 10.8. The summed E-state index contributed by atoms with van der Waals surface area (Å²) in [6.45, 7) is 4.17. The molecule has 2 nitrogen and oxygen atoms in total. The molecule has 0 spiro atoms. The van der Waals surface area contributed by atoms with Gasteiger partial charge < -0.3 is 10.6 Å². The van der Waals surface area contributed by atoms with E-state index in [4.69, 9.17) is 5.73 Å². The third kappa shape index (κ3) is 3.27. The molecule has 0 heterocycles. The molecule has 0 aliphatic heterocycles. The number of hydrogen-bond acceptors (Lipinski definition) is 2. The van der Waals surface area contributed by atoms with Crippen LogP contribution >= 0.6 is 0 Å². The SMILES string of the molecule is CCCN(Cc1ccccc1)c1cccc(N)c1. The third-order valence-electron chi connectivity index (χ3n) is 2.95. The minimum Gasteiger partial charge on any atom is -0.399 e. The molecule has 0 aliphatic carbocycles. The lowest BCUT2D eigenvalue weighted by Crippen LogP contribution is -2.23. The van der Waals surface area contributed by atoms with Gasteiger partial charge in [-0.1, -0.05) is 43.3 Å². The lowest BCUT2D eigenvalue weighted by atomic mass is 10.2. The van der Waals surface area contributed by atoms with Crippen LogP contribution < -0.4 is 10.6 Å². The van der Waals surface area contributed by atoms with Gasteiger partial charge in [0, 0.05) is 24.5 Å². The van der Waals surface area contributed by atoms with Crippen LogP contribution in [0.2, 0.25) is 0 Å². The van der Waals surface area contributed by atoms with Crippen LogP contribution in [0.15, 0.2) is 54.6 Å². The summed E-state index contributed by atoms with van der Waals surface area (Å²) in [6.07, 6.45) is 1.13. The van der Waals surface area contributed by atoms with Gasteiger partial charge in [-0.2, -0.15) is 0 Å². The van der Waals surface area contributed by atoms with E-state index >= 15 is 0 Å². The fourth-order valence-electron chi connectivity index (χ4n) is 2.09. The maximum atomic E-state index is 5.86. The summed E-state index contributed by atoms with van der Waals surface area (Å²) in [5.41, 5.74) is 9.20. The summed E-state index contributed by atoms with van der Waals surface area (Å²) in [6, 6.07) is 18.6. The van der Waals surface area contributed by atoms with Crippen LogP contribution in [0.25, 0.3) is 0 Å². The van der Waals surface area contributed by atoms with Crippen LogP contribution in [-0.2, 0) is 6.54 Å². The Kier molecular flexibility index (Phi) is 4.24. The summed E-state index contributed by atoms with van der Waals surface area (Å²) >= 11 is 0. The first kappa shape index (κ1) is 12.5. The molecule has 0 saturated heterocycles. The van der Waals surface area contributed by atoms with Crippen LogP contribution in [0, 0.1) is 0 Å². The first-order chi connectivity index (χ1) is 8.79. The lowest BCUT2D eigenvalue weighted by molar-refractivity contribution is 0.767. The van der Waals surface area contributed by atoms with Gasteiger partial charge in [-0.3, -0.25) is 0 Å². The maximum Gasteiger partial charge on any atom is 0.0429 e. The highest BCUT2D eigenvalue weighted by atomic mass is 15.1. The minimum atomic E-state index is 0.821. The molecule has 0 unspecified atom stereocenters. The molecule has 2 aromatic carbocycles. The molecule has 0 amide bonds. The number of nitrogen functional groups attached to an aromatic ring is 1. The van der Waals surface area contributed by atoms with Crippen molar-refractivity contribution in [3.63, 3.8) is 0 Å². The largest absolute Gasteiger partial charge is 0.399 e. The summed E-state index contributed by atoms with van der Waals surface area (Å²) in [4.78, 5) is 2.37. The Labute approximate surface area is 109 Å². The van der Waals surface area contributed by atoms with E-state index in [9.17, 15) is 0 Å². The van der Waals surface area contributed by atoms with Crippen molar-refractivity contribution >= 4 is 11.4 Å². The van der Waals surface area contributed by atoms with Gasteiger partial charge in [-0.25, -0.2) is 0 Å². The smallest absolute Gasteiger partial charge is 0.0429 e. The van der Waals surface area contributed by atoms with Gasteiger partial charge in [0.05, 0.1) is 0 Å². The number of nitrogens with zero attached hydrogens (tertiary/aromatic N) is 1. The van der Waals surface area contributed by atoms with Crippen LogP contribution in [0.3, 0.4) is 0 Å². The number of nitrogens with two attached hydrogens (primary N) is 1. The molecule has 0 fully saturated rings. The van der Waals surface area contributed by atoms with Gasteiger partial charge in [0.2, 0.25) is 0 Å². The molecule has 0 bridgehead atoms. The molecule has 0 atom stereocenters. The van der Waals surface area contributed by atoms with Crippen LogP contribution in [0.1, 0.15) is 18.9 Å². The fourth-order valence-corrected chi connectivity index (χ4v) is 2.09. The Morgan fingerprint density at radius 1 is 1.00 bits per heavy atom. The molecule has 0 radical (unpaired) electrons. The van der Waals surface area contributed by atoms with Crippen LogP contribution in [0.4, 0.5) is 11.4 Å². The van der Waals surface area contributed by atoms with Gasteiger partial charge in [-0.15, -0.1) is 0 Å². The van der Waals surface area contributed by atoms with Gasteiger partial charge in [-0.05, 0) is 30.2 Å². The standard InChI is InChI=1S/C16H20N2/c1-2-11-18(13-14-7-4-3-5-8-14)16-10-6-9-15(17)12-16/h3-10,12H,2,11,13,17H2,1H3. The monoisotopic (exact) mass is 240 g/mol. The van der Waals surface area contributed by atoms with E-state index in [0.29, 0.717) is 0 Å². The average Bonchev–Trinajstić information content (AvgIpc) is 2.39. The van der Waals surface area contributed by atoms with E-state index in [2.05, 4.69) is 42.2 Å². The predicted octanol–water partition coefficient (Wildman–Crippen LogP) is 3.69. The average molecular weight is 240 g/mol. The molecule has 2 heteroatoms. The molecular weight excluding hydrogens is 220 g/mol. The van der Waals surface area contributed by atoms with Crippen molar-refractivity contribution < 1.29 is 0 Å². The second kappa shape index (κ2) is 6.10. The predicted molar refractivity (Wildman–Crippen MR) is 78.6 cm³/mol. The first-order valence-electron chi connectivity index (χ1n) is 6.44. The van der Waals surface area contributed by atoms with E-state index in [0.717, 1.165) is 25.2 Å². The Bertz CT molecular complexity index is 479. The summed E-state index contributed by atoms with van der Waals surface area (Å²) in [7, 11) is 0. The number of anilines is 2. The van der Waals surface area contributed by atoms with Crippen molar-refractivity contribution in [2.24, 2.45) is 0 Å². The van der Waals surface area contributed by atoms with Crippen molar-refractivity contribution in [2.75, 3.05) is 17.2 Å². The number of rotatable bonds is 5. The highest BCUT2D eigenvalue weighted by molar-refractivity contribution is 5.56. The van der Waals surface area contributed by atoms with Crippen LogP contribution in [0.5, 0.6) is 0 Å². The van der Waals surface area contributed by atoms with E-state index in [-0.39, 0.29) is 0 Å². The van der Waals surface area contributed by atoms with Crippen molar-refractivity contribution in [3.8, 4) is 0 Å². The van der Waals surface area contributed by atoms with E-state index in [1.165, 1.54) is 11.3 Å². The molecule has 18 heavy (non-hydrogen) atoms. The Hall–Kier alpha value is -1.96. The second-order valence-electron chi connectivity index (χ2n) is 4.50. The quantitative estimate of drug-likeness (QED) is 0.808. The summed E-state index contributed by atoms with van der Waals surface area (Å²) < 4.78 is 0. The van der Waals surface area contributed by atoms with E-state index in [1.807, 2.05) is 24.3 Å². The highest BCUT2D eigenvalue weighted by Crippen LogP contribution is 2.20. The Morgan fingerprint density at radius 2 is 1.78 bits per heavy atom. The van der Waals surface area contributed by atoms with Crippen molar-refractivity contribution in [1.82, 2.24) is 0 Å². The molecule has 2 rings (SSSR count). The summed E-state index contributed by atoms with van der Waals surface area (Å²) in [5.74, 6) is 0. The van der Waals surface area contributed by atoms with Gasteiger partial charge in [0.1, 0.15) is 0 Å². The molecule has 0 aliphatic rings. The lowest BCUT2D eigenvalue weighted by Gasteiger charge is -2.24. The van der Waals surface area contributed by atoms with E-state index < -0.39 is 0 Å². The van der Waals surface area contributed by atoms with Crippen molar-refractivity contribution in [2.45, 2.75) is 19.9 Å². The van der Waals surface area contributed by atoms with Crippen molar-refractivity contribution in [1.29, 1.82) is 0 Å². The second-order valence-corrected chi connectivity index (χ2v) is 4.50. The van der Waals surface area contributed by atoms with Gasteiger partial charge in [0.25, 0.3) is 0 Å². The topological polar surface area (TPSA) is 29.3 Å². The molecular formula is C16H20N2. The number of benzene rings is 2. The van der Waals surface area contributed by atoms with E-state index in [1.54, 1.807) is 0 Å². The summed E-state index contributed by atoms with van der Waals surface area (Å²) in [5, 5.41) is 0. The Morgan fingerprint density at radius 3 is 2.44 bits per heavy atom.